The second-order valence-electron chi connectivity index (χ2n) is 13.8. The van der Waals surface area contributed by atoms with E-state index in [1.165, 1.54) is 6.07 Å². The Morgan fingerprint density at radius 2 is 1.81 bits per heavy atom. The number of nitrogen functional groups attached to an aromatic ring is 1. The number of carbonyl (C=O) groups excluding carboxylic acids is 2. The van der Waals surface area contributed by atoms with Gasteiger partial charge in [-0.15, -0.1) is 5.10 Å². The molecule has 0 aliphatic carbocycles. The maximum atomic E-state index is 15.8. The monoisotopic (exact) mass is 704 g/mol. The summed E-state index contributed by atoms with van der Waals surface area (Å²) in [5, 5.41) is 18.5. The van der Waals surface area contributed by atoms with Crippen molar-refractivity contribution in [1.29, 1.82) is 5.41 Å². The summed E-state index contributed by atoms with van der Waals surface area (Å²) in [5.41, 5.74) is 12.1. The van der Waals surface area contributed by atoms with E-state index in [2.05, 4.69) is 39.2 Å². The summed E-state index contributed by atoms with van der Waals surface area (Å²) in [4.78, 5) is 29.3. The standard InChI is InChI=1S/C40H42F2N8O2/c1-25-4-10-31(40(52)46-25)29-9-11-36(35(41)21-29)48-17-12-27(13-18-48)26-5-7-28(8-6-26)32-22-33(38(42)39(44)34(32)23-43)30-3-2-16-49(24-30)37(51)14-19-50-20-15-45-47-50/h3,5-9,11,15,20-23,27,31,43H,1-2,4,10,12-14,16-19,24,44H2,(H,46,52). The molecule has 268 valence electrons. The number of amides is 2. The lowest BCUT2D eigenvalue weighted by molar-refractivity contribution is -0.131. The minimum absolute atomic E-state index is 0.0486. The van der Waals surface area contributed by atoms with Crippen molar-refractivity contribution in [1.82, 2.24) is 25.2 Å². The number of nitrogens with two attached hydrogens (primary N) is 1. The van der Waals surface area contributed by atoms with Crippen LogP contribution in [0.15, 0.2) is 79.3 Å². The van der Waals surface area contributed by atoms with Gasteiger partial charge in [0.25, 0.3) is 0 Å². The molecule has 0 spiro atoms. The zero-order chi connectivity index (χ0) is 36.4. The first-order valence-electron chi connectivity index (χ1n) is 17.8. The van der Waals surface area contributed by atoms with E-state index in [1.54, 1.807) is 34.1 Å². The summed E-state index contributed by atoms with van der Waals surface area (Å²) in [5.74, 6) is -1.18. The smallest absolute Gasteiger partial charge is 0.231 e. The van der Waals surface area contributed by atoms with E-state index >= 15 is 8.78 Å². The molecular weight excluding hydrogens is 662 g/mol. The highest BCUT2D eigenvalue weighted by atomic mass is 19.1. The number of carbonyl (C=O) groups is 2. The molecule has 3 aliphatic heterocycles. The first-order valence-corrected chi connectivity index (χ1v) is 17.8. The second-order valence-corrected chi connectivity index (χ2v) is 13.8. The SMILES string of the molecule is C=C1CCC(c2ccc(N3CCC(c4ccc(-c5cc(C6=CCCN(C(=O)CCn7ccnn7)C6)c(F)c(N)c5C=N)cc4)CC3)c(F)c2)C(=O)N1. The van der Waals surface area contributed by atoms with Crippen molar-refractivity contribution in [2.24, 2.45) is 0 Å². The van der Waals surface area contributed by atoms with Crippen LogP contribution in [0.3, 0.4) is 0 Å². The van der Waals surface area contributed by atoms with Crippen LogP contribution < -0.4 is 16.0 Å². The largest absolute Gasteiger partial charge is 0.396 e. The number of piperidine rings is 2. The van der Waals surface area contributed by atoms with Gasteiger partial charge in [-0.1, -0.05) is 48.2 Å². The number of aryl methyl sites for hydroxylation is 1. The van der Waals surface area contributed by atoms with Gasteiger partial charge in [0.05, 0.1) is 30.0 Å². The highest BCUT2D eigenvalue weighted by Crippen LogP contribution is 2.38. The van der Waals surface area contributed by atoms with Crippen molar-refractivity contribution >= 4 is 35.0 Å². The van der Waals surface area contributed by atoms with E-state index < -0.39 is 5.82 Å². The zero-order valence-corrected chi connectivity index (χ0v) is 29.0. The molecule has 2 amide bonds. The van der Waals surface area contributed by atoms with E-state index in [0.717, 1.165) is 30.2 Å². The maximum Gasteiger partial charge on any atom is 0.231 e. The highest BCUT2D eigenvalue weighted by Gasteiger charge is 2.29. The topological polar surface area (TPSA) is 133 Å². The molecule has 3 aliphatic rings. The Labute approximate surface area is 301 Å². The Bertz CT molecular complexity index is 2040. The normalized spacial score (nSPS) is 18.3. The number of allylic oxidation sites excluding steroid dienone is 1. The number of nitrogens with one attached hydrogen (secondary N) is 2. The third-order valence-electron chi connectivity index (χ3n) is 10.6. The zero-order valence-electron chi connectivity index (χ0n) is 29.0. The number of aromatic nitrogens is 3. The average Bonchev–Trinajstić information content (AvgIpc) is 3.69. The molecule has 4 aromatic rings. The van der Waals surface area contributed by atoms with Gasteiger partial charge in [-0.2, -0.15) is 0 Å². The van der Waals surface area contributed by atoms with Gasteiger partial charge in [0.2, 0.25) is 11.8 Å². The average molecular weight is 705 g/mol. The van der Waals surface area contributed by atoms with Crippen molar-refractivity contribution in [3.05, 3.63) is 113 Å². The molecule has 7 rings (SSSR count). The summed E-state index contributed by atoms with van der Waals surface area (Å²) in [6.45, 7) is 6.43. The molecule has 1 aromatic heterocycles. The predicted molar refractivity (Wildman–Crippen MR) is 198 cm³/mol. The molecule has 4 heterocycles. The molecule has 0 saturated carbocycles. The molecule has 2 saturated heterocycles. The van der Waals surface area contributed by atoms with Gasteiger partial charge in [-0.05, 0) is 84.0 Å². The summed E-state index contributed by atoms with van der Waals surface area (Å²) in [6, 6.07) is 15.0. The van der Waals surface area contributed by atoms with E-state index in [-0.39, 0.29) is 48.1 Å². The van der Waals surface area contributed by atoms with Crippen LogP contribution in [0.4, 0.5) is 20.2 Å². The summed E-state index contributed by atoms with van der Waals surface area (Å²) < 4.78 is 32.7. The van der Waals surface area contributed by atoms with Crippen molar-refractivity contribution < 1.29 is 18.4 Å². The van der Waals surface area contributed by atoms with Crippen molar-refractivity contribution in [2.45, 2.75) is 56.9 Å². The summed E-state index contributed by atoms with van der Waals surface area (Å²) in [6.07, 6.45) is 10.2. The minimum Gasteiger partial charge on any atom is -0.396 e. The summed E-state index contributed by atoms with van der Waals surface area (Å²) >= 11 is 0. The molecule has 0 bridgehead atoms. The van der Waals surface area contributed by atoms with Crippen molar-refractivity contribution in [2.75, 3.05) is 36.8 Å². The van der Waals surface area contributed by atoms with Crippen LogP contribution in [-0.2, 0) is 16.1 Å². The number of hydrogen-bond donors (Lipinski definition) is 3. The molecule has 2 fully saturated rings. The second kappa shape index (κ2) is 14.9. The fourth-order valence-electron chi connectivity index (χ4n) is 7.67. The summed E-state index contributed by atoms with van der Waals surface area (Å²) in [7, 11) is 0. The molecule has 10 nitrogen and oxygen atoms in total. The van der Waals surface area contributed by atoms with Crippen LogP contribution in [0.1, 0.15) is 72.6 Å². The predicted octanol–water partition coefficient (Wildman–Crippen LogP) is 6.40. The van der Waals surface area contributed by atoms with E-state index in [1.807, 2.05) is 24.3 Å². The van der Waals surface area contributed by atoms with Gasteiger partial charge in [-0.3, -0.25) is 14.3 Å². The lowest BCUT2D eigenvalue weighted by Gasteiger charge is -2.34. The molecule has 1 unspecified atom stereocenters. The van der Waals surface area contributed by atoms with Crippen molar-refractivity contribution in [3.8, 4) is 11.1 Å². The van der Waals surface area contributed by atoms with Gasteiger partial charge < -0.3 is 26.3 Å². The number of nitrogens with zero attached hydrogens (tertiary/aromatic N) is 5. The molecule has 52 heavy (non-hydrogen) atoms. The van der Waals surface area contributed by atoms with Crippen LogP contribution in [0.25, 0.3) is 16.7 Å². The van der Waals surface area contributed by atoms with E-state index in [9.17, 15) is 9.59 Å². The van der Waals surface area contributed by atoms with Crippen LogP contribution in [0.5, 0.6) is 0 Å². The Hall–Kier alpha value is -5.65. The Kier molecular flexibility index (Phi) is 9.97. The van der Waals surface area contributed by atoms with Crippen LogP contribution in [0, 0.1) is 17.0 Å². The van der Waals surface area contributed by atoms with Gasteiger partial charge in [-0.25, -0.2) is 8.78 Å². The van der Waals surface area contributed by atoms with E-state index in [4.69, 9.17) is 11.1 Å². The minimum atomic E-state index is -0.592. The van der Waals surface area contributed by atoms with E-state index in [0.29, 0.717) is 84.7 Å². The first kappa shape index (κ1) is 34.8. The number of rotatable bonds is 9. The molecule has 12 heteroatoms. The third-order valence-corrected chi connectivity index (χ3v) is 10.6. The number of anilines is 2. The Morgan fingerprint density at radius 1 is 1.04 bits per heavy atom. The molecule has 0 radical (unpaired) electrons. The molecule has 1 atom stereocenters. The number of hydrogen-bond acceptors (Lipinski definition) is 7. The van der Waals surface area contributed by atoms with Gasteiger partial charge in [0, 0.05) is 61.8 Å². The van der Waals surface area contributed by atoms with Crippen LogP contribution in [0.2, 0.25) is 0 Å². The van der Waals surface area contributed by atoms with Gasteiger partial charge in [0.1, 0.15) is 5.82 Å². The van der Waals surface area contributed by atoms with Gasteiger partial charge >= 0.3 is 0 Å². The van der Waals surface area contributed by atoms with Gasteiger partial charge in [0.15, 0.2) is 5.82 Å². The Balaban J connectivity index is 1.03. The highest BCUT2D eigenvalue weighted by molar-refractivity contribution is 5.97. The Morgan fingerprint density at radius 3 is 2.50 bits per heavy atom. The lowest BCUT2D eigenvalue weighted by Crippen LogP contribution is -2.36. The molecule has 3 aromatic carbocycles. The number of halogens is 2. The molecular formula is C40H42F2N8O2. The quantitative estimate of drug-likeness (QED) is 0.137. The fraction of sp³-hybridized carbons (Fsp3) is 0.325. The number of benzene rings is 3. The van der Waals surface area contributed by atoms with Crippen LogP contribution >= 0.6 is 0 Å². The van der Waals surface area contributed by atoms with Crippen LogP contribution in [-0.4, -0.2) is 64.1 Å². The fourth-order valence-corrected chi connectivity index (χ4v) is 7.67. The molecule has 4 N–H and O–H groups in total. The third kappa shape index (κ3) is 7.10. The maximum absolute atomic E-state index is 15.8. The lowest BCUT2D eigenvalue weighted by atomic mass is 9.86. The first-order chi connectivity index (χ1) is 25.2. The van der Waals surface area contributed by atoms with Crippen molar-refractivity contribution in [3.63, 3.8) is 0 Å².